The second-order valence-electron chi connectivity index (χ2n) is 3.01. The Kier molecular flexibility index (Phi) is 2.65. The van der Waals surface area contributed by atoms with E-state index in [1.165, 1.54) is 0 Å². The van der Waals surface area contributed by atoms with Crippen LogP contribution in [-0.4, -0.2) is 28.0 Å². The Bertz CT molecular complexity index is 437. The molecule has 74 valence electrons. The molecule has 2 aromatic rings. The quantitative estimate of drug-likeness (QED) is 0.827. The molecule has 14 heavy (non-hydrogen) atoms. The van der Waals surface area contributed by atoms with Crippen molar-refractivity contribution in [2.24, 2.45) is 0 Å². The van der Waals surface area contributed by atoms with Crippen molar-refractivity contribution in [3.05, 3.63) is 29.4 Å². The molecule has 0 fully saturated rings. The number of rotatable bonds is 3. The van der Waals surface area contributed by atoms with Gasteiger partial charge >= 0.3 is 0 Å². The smallest absolute Gasteiger partial charge is 0.156 e. The summed E-state index contributed by atoms with van der Waals surface area (Å²) >= 11 is 6.14. The van der Waals surface area contributed by atoms with Crippen LogP contribution in [-0.2, 0) is 6.42 Å². The molecule has 2 heterocycles. The molecular formula is C9H11ClN4. The van der Waals surface area contributed by atoms with Crippen LogP contribution in [0.1, 0.15) is 5.69 Å². The van der Waals surface area contributed by atoms with Crippen LogP contribution < -0.4 is 5.32 Å². The number of halogens is 1. The van der Waals surface area contributed by atoms with Crippen LogP contribution in [0.2, 0.25) is 5.15 Å². The number of aromatic nitrogens is 3. The summed E-state index contributed by atoms with van der Waals surface area (Å²) in [7, 11) is 1.91. The molecular weight excluding hydrogens is 200 g/mol. The molecule has 5 heteroatoms. The third kappa shape index (κ3) is 1.58. The minimum Gasteiger partial charge on any atom is -0.319 e. The van der Waals surface area contributed by atoms with Gasteiger partial charge in [0.05, 0.1) is 11.9 Å². The Morgan fingerprint density at radius 1 is 1.57 bits per heavy atom. The molecule has 0 aliphatic carbocycles. The van der Waals surface area contributed by atoms with Crippen molar-refractivity contribution < 1.29 is 0 Å². The highest BCUT2D eigenvalue weighted by atomic mass is 35.5. The van der Waals surface area contributed by atoms with E-state index in [2.05, 4.69) is 15.3 Å². The zero-order valence-corrected chi connectivity index (χ0v) is 8.62. The van der Waals surface area contributed by atoms with Gasteiger partial charge in [-0.25, -0.2) is 4.98 Å². The Morgan fingerprint density at radius 2 is 2.43 bits per heavy atom. The fourth-order valence-electron chi connectivity index (χ4n) is 1.33. The first-order chi connectivity index (χ1) is 6.83. The largest absolute Gasteiger partial charge is 0.319 e. The summed E-state index contributed by atoms with van der Waals surface area (Å²) < 4.78 is 1.83. The van der Waals surface area contributed by atoms with Crippen LogP contribution in [0.15, 0.2) is 18.6 Å². The van der Waals surface area contributed by atoms with Gasteiger partial charge in [-0.15, -0.1) is 0 Å². The van der Waals surface area contributed by atoms with Crippen LogP contribution >= 0.6 is 11.6 Å². The topological polar surface area (TPSA) is 42.2 Å². The van der Waals surface area contributed by atoms with Gasteiger partial charge < -0.3 is 5.32 Å². The monoisotopic (exact) mass is 210 g/mol. The maximum absolute atomic E-state index is 6.14. The van der Waals surface area contributed by atoms with E-state index in [0.717, 1.165) is 24.3 Å². The van der Waals surface area contributed by atoms with Crippen LogP contribution in [0.4, 0.5) is 0 Å². The van der Waals surface area contributed by atoms with Crippen LogP contribution in [0, 0.1) is 0 Å². The fourth-order valence-corrected chi connectivity index (χ4v) is 1.61. The summed E-state index contributed by atoms with van der Waals surface area (Å²) in [5, 5.41) is 3.74. The molecule has 0 radical (unpaired) electrons. The summed E-state index contributed by atoms with van der Waals surface area (Å²) in [5.41, 5.74) is 1.71. The van der Waals surface area contributed by atoms with Gasteiger partial charge in [0, 0.05) is 25.4 Å². The molecule has 2 aromatic heterocycles. The SMILES string of the molecule is CNCCc1nc2cnccn2c1Cl. The van der Waals surface area contributed by atoms with E-state index in [0.29, 0.717) is 5.15 Å². The molecule has 1 N–H and O–H groups in total. The zero-order chi connectivity index (χ0) is 9.97. The molecule has 0 bridgehead atoms. The number of fused-ring (bicyclic) bond motifs is 1. The lowest BCUT2D eigenvalue weighted by Crippen LogP contribution is -2.10. The molecule has 0 saturated heterocycles. The molecule has 0 saturated carbocycles. The molecule has 4 nitrogen and oxygen atoms in total. The highest BCUT2D eigenvalue weighted by molar-refractivity contribution is 6.30. The first kappa shape index (κ1) is 9.43. The maximum atomic E-state index is 6.14. The Balaban J connectivity index is 2.41. The summed E-state index contributed by atoms with van der Waals surface area (Å²) in [6.07, 6.45) is 6.04. The second-order valence-corrected chi connectivity index (χ2v) is 3.37. The van der Waals surface area contributed by atoms with Crippen molar-refractivity contribution in [2.45, 2.75) is 6.42 Å². The number of nitrogens with zero attached hydrogens (tertiary/aromatic N) is 3. The Morgan fingerprint density at radius 3 is 3.14 bits per heavy atom. The number of hydrogen-bond acceptors (Lipinski definition) is 3. The average Bonchev–Trinajstić information content (AvgIpc) is 2.54. The minimum atomic E-state index is 0.678. The van der Waals surface area contributed by atoms with Crippen molar-refractivity contribution in [3.8, 4) is 0 Å². The standard InChI is InChI=1S/C9H11ClN4/c1-11-3-2-7-9(10)14-5-4-12-6-8(14)13-7/h4-6,11H,2-3H2,1H3. The molecule has 0 amide bonds. The van der Waals surface area contributed by atoms with Crippen molar-refractivity contribution in [1.82, 2.24) is 19.7 Å². The summed E-state index contributed by atoms with van der Waals surface area (Å²) in [6.45, 7) is 0.872. The van der Waals surface area contributed by atoms with E-state index in [1.807, 2.05) is 17.6 Å². The van der Waals surface area contributed by atoms with E-state index < -0.39 is 0 Å². The second kappa shape index (κ2) is 3.94. The van der Waals surface area contributed by atoms with E-state index in [-0.39, 0.29) is 0 Å². The van der Waals surface area contributed by atoms with Gasteiger partial charge in [-0.05, 0) is 7.05 Å². The van der Waals surface area contributed by atoms with E-state index in [4.69, 9.17) is 11.6 Å². The lowest BCUT2D eigenvalue weighted by molar-refractivity contribution is 0.780. The highest BCUT2D eigenvalue weighted by Gasteiger charge is 2.08. The predicted molar refractivity (Wildman–Crippen MR) is 55.6 cm³/mol. The molecule has 0 spiro atoms. The summed E-state index contributed by atoms with van der Waals surface area (Å²) in [6, 6.07) is 0. The first-order valence-corrected chi connectivity index (χ1v) is 4.82. The Hall–Kier alpha value is -1.13. The predicted octanol–water partition coefficient (Wildman–Crippen LogP) is 1.14. The summed E-state index contributed by atoms with van der Waals surface area (Å²) in [5.74, 6) is 0. The normalized spacial score (nSPS) is 11.0. The van der Waals surface area contributed by atoms with Crippen LogP contribution in [0.3, 0.4) is 0 Å². The number of likely N-dealkylation sites (N-methyl/N-ethyl adjacent to an activating group) is 1. The fraction of sp³-hybridized carbons (Fsp3) is 0.333. The van der Waals surface area contributed by atoms with Gasteiger partial charge in [0.25, 0.3) is 0 Å². The van der Waals surface area contributed by atoms with Gasteiger partial charge in [0.2, 0.25) is 0 Å². The van der Waals surface area contributed by atoms with Gasteiger partial charge in [-0.3, -0.25) is 9.38 Å². The Labute approximate surface area is 86.9 Å². The van der Waals surface area contributed by atoms with Crippen molar-refractivity contribution in [3.63, 3.8) is 0 Å². The molecule has 0 aliphatic rings. The number of imidazole rings is 1. The van der Waals surface area contributed by atoms with Gasteiger partial charge in [0.1, 0.15) is 5.15 Å². The molecule has 0 aromatic carbocycles. The third-order valence-corrected chi connectivity index (χ3v) is 2.45. The van der Waals surface area contributed by atoms with Gasteiger partial charge in [-0.2, -0.15) is 0 Å². The van der Waals surface area contributed by atoms with Crippen molar-refractivity contribution in [1.29, 1.82) is 0 Å². The van der Waals surface area contributed by atoms with E-state index >= 15 is 0 Å². The van der Waals surface area contributed by atoms with Crippen molar-refractivity contribution >= 4 is 17.2 Å². The molecule has 0 unspecified atom stereocenters. The molecule has 0 atom stereocenters. The lowest BCUT2D eigenvalue weighted by Gasteiger charge is -1.95. The number of nitrogens with one attached hydrogen (secondary N) is 1. The van der Waals surface area contributed by atoms with E-state index in [9.17, 15) is 0 Å². The first-order valence-electron chi connectivity index (χ1n) is 4.44. The van der Waals surface area contributed by atoms with E-state index in [1.54, 1.807) is 12.4 Å². The molecule has 2 rings (SSSR count). The third-order valence-electron chi connectivity index (χ3n) is 2.05. The summed E-state index contributed by atoms with van der Waals surface area (Å²) in [4.78, 5) is 8.37. The van der Waals surface area contributed by atoms with Crippen LogP contribution in [0.5, 0.6) is 0 Å². The minimum absolute atomic E-state index is 0.678. The highest BCUT2D eigenvalue weighted by Crippen LogP contribution is 2.17. The van der Waals surface area contributed by atoms with Crippen LogP contribution in [0.25, 0.3) is 5.65 Å². The molecule has 0 aliphatic heterocycles. The maximum Gasteiger partial charge on any atom is 0.156 e. The number of hydrogen-bond donors (Lipinski definition) is 1. The van der Waals surface area contributed by atoms with Gasteiger partial charge in [-0.1, -0.05) is 11.6 Å². The lowest BCUT2D eigenvalue weighted by atomic mass is 10.3. The zero-order valence-electron chi connectivity index (χ0n) is 7.87. The van der Waals surface area contributed by atoms with Crippen molar-refractivity contribution in [2.75, 3.05) is 13.6 Å². The average molecular weight is 211 g/mol. The van der Waals surface area contributed by atoms with Gasteiger partial charge in [0.15, 0.2) is 5.65 Å².